The number of carbonyl (C=O) groups is 1. The summed E-state index contributed by atoms with van der Waals surface area (Å²) in [6.45, 7) is 0. The Morgan fingerprint density at radius 2 is 1.67 bits per heavy atom. The summed E-state index contributed by atoms with van der Waals surface area (Å²) in [6, 6.07) is 15.4. The molecule has 1 aliphatic carbocycles. The van der Waals surface area contributed by atoms with E-state index in [1.807, 2.05) is 24.3 Å². The molecular formula is C16H14O2. The SMILES string of the molecule is O=C(O)c1ccccc1-c1ccc(C2CC2)cc1. The minimum Gasteiger partial charge on any atom is -0.478 e. The first-order valence-corrected chi connectivity index (χ1v) is 6.18. The quantitative estimate of drug-likeness (QED) is 0.879. The van der Waals surface area contributed by atoms with Gasteiger partial charge in [0.2, 0.25) is 0 Å². The highest BCUT2D eigenvalue weighted by Gasteiger charge is 2.23. The minimum absolute atomic E-state index is 0.358. The van der Waals surface area contributed by atoms with Crippen LogP contribution in [0, 0.1) is 0 Å². The van der Waals surface area contributed by atoms with Crippen LogP contribution in [0.1, 0.15) is 34.7 Å². The fourth-order valence-electron chi connectivity index (χ4n) is 2.27. The molecule has 1 saturated carbocycles. The highest BCUT2D eigenvalue weighted by molar-refractivity contribution is 5.95. The molecule has 2 aromatic rings. The van der Waals surface area contributed by atoms with Crippen molar-refractivity contribution in [3.8, 4) is 11.1 Å². The third-order valence-electron chi connectivity index (χ3n) is 3.43. The molecule has 90 valence electrons. The predicted molar refractivity (Wildman–Crippen MR) is 70.8 cm³/mol. The Bertz CT molecular complexity index is 580. The molecule has 3 rings (SSSR count). The average Bonchev–Trinajstić information content (AvgIpc) is 3.23. The first-order valence-electron chi connectivity index (χ1n) is 6.18. The fourth-order valence-corrected chi connectivity index (χ4v) is 2.27. The highest BCUT2D eigenvalue weighted by atomic mass is 16.4. The van der Waals surface area contributed by atoms with Crippen molar-refractivity contribution < 1.29 is 9.90 Å². The van der Waals surface area contributed by atoms with Crippen molar-refractivity contribution in [2.24, 2.45) is 0 Å². The lowest BCUT2D eigenvalue weighted by Crippen LogP contribution is -1.98. The molecule has 0 heterocycles. The summed E-state index contributed by atoms with van der Waals surface area (Å²) in [5.74, 6) is -0.148. The van der Waals surface area contributed by atoms with E-state index in [2.05, 4.69) is 12.1 Å². The number of aromatic carboxylic acids is 1. The van der Waals surface area contributed by atoms with Crippen molar-refractivity contribution in [2.45, 2.75) is 18.8 Å². The third kappa shape index (κ3) is 2.02. The number of rotatable bonds is 3. The first-order chi connectivity index (χ1) is 8.75. The predicted octanol–water partition coefficient (Wildman–Crippen LogP) is 3.93. The summed E-state index contributed by atoms with van der Waals surface area (Å²) in [6.07, 6.45) is 2.57. The van der Waals surface area contributed by atoms with Crippen LogP contribution < -0.4 is 0 Å². The molecule has 0 radical (unpaired) electrons. The van der Waals surface area contributed by atoms with Crippen LogP contribution in [0.5, 0.6) is 0 Å². The lowest BCUT2D eigenvalue weighted by Gasteiger charge is -2.07. The van der Waals surface area contributed by atoms with Gasteiger partial charge in [0, 0.05) is 0 Å². The van der Waals surface area contributed by atoms with Crippen molar-refractivity contribution in [3.05, 3.63) is 59.7 Å². The maximum atomic E-state index is 11.2. The van der Waals surface area contributed by atoms with Crippen molar-refractivity contribution >= 4 is 5.97 Å². The normalized spacial score (nSPS) is 14.4. The Hall–Kier alpha value is -2.09. The Morgan fingerprint density at radius 1 is 1.00 bits per heavy atom. The van der Waals surface area contributed by atoms with E-state index in [9.17, 15) is 9.90 Å². The van der Waals surface area contributed by atoms with E-state index in [-0.39, 0.29) is 0 Å². The molecule has 0 amide bonds. The largest absolute Gasteiger partial charge is 0.478 e. The molecular weight excluding hydrogens is 224 g/mol. The molecule has 0 unspecified atom stereocenters. The summed E-state index contributed by atoms with van der Waals surface area (Å²) >= 11 is 0. The van der Waals surface area contributed by atoms with Gasteiger partial charge in [-0.2, -0.15) is 0 Å². The van der Waals surface area contributed by atoms with Gasteiger partial charge < -0.3 is 5.11 Å². The third-order valence-corrected chi connectivity index (χ3v) is 3.43. The van der Waals surface area contributed by atoms with Gasteiger partial charge in [-0.05, 0) is 41.5 Å². The summed E-state index contributed by atoms with van der Waals surface area (Å²) in [5.41, 5.74) is 3.48. The van der Waals surface area contributed by atoms with Crippen LogP contribution in [0.2, 0.25) is 0 Å². The average molecular weight is 238 g/mol. The van der Waals surface area contributed by atoms with Crippen molar-refractivity contribution in [3.63, 3.8) is 0 Å². The molecule has 2 aromatic carbocycles. The zero-order chi connectivity index (χ0) is 12.5. The zero-order valence-electron chi connectivity index (χ0n) is 9.97. The maximum absolute atomic E-state index is 11.2. The second-order valence-electron chi connectivity index (χ2n) is 4.75. The van der Waals surface area contributed by atoms with Gasteiger partial charge in [-0.3, -0.25) is 0 Å². The molecule has 1 aliphatic rings. The van der Waals surface area contributed by atoms with Gasteiger partial charge in [-0.15, -0.1) is 0 Å². The van der Waals surface area contributed by atoms with Crippen molar-refractivity contribution in [2.75, 3.05) is 0 Å². The smallest absolute Gasteiger partial charge is 0.336 e. The van der Waals surface area contributed by atoms with Gasteiger partial charge in [-0.1, -0.05) is 42.5 Å². The lowest BCUT2D eigenvalue weighted by atomic mass is 9.98. The van der Waals surface area contributed by atoms with Gasteiger partial charge in [0.15, 0.2) is 0 Å². The molecule has 2 nitrogen and oxygen atoms in total. The number of carboxylic acids is 1. The molecule has 18 heavy (non-hydrogen) atoms. The van der Waals surface area contributed by atoms with Crippen molar-refractivity contribution in [1.82, 2.24) is 0 Å². The molecule has 0 bridgehead atoms. The number of benzene rings is 2. The van der Waals surface area contributed by atoms with E-state index in [0.717, 1.165) is 17.0 Å². The molecule has 1 N–H and O–H groups in total. The molecule has 0 spiro atoms. The summed E-state index contributed by atoms with van der Waals surface area (Å²) in [7, 11) is 0. The van der Waals surface area contributed by atoms with E-state index >= 15 is 0 Å². The fraction of sp³-hybridized carbons (Fsp3) is 0.188. The minimum atomic E-state index is -0.878. The molecule has 0 atom stereocenters. The molecule has 0 aromatic heterocycles. The summed E-state index contributed by atoms with van der Waals surface area (Å²) in [5, 5.41) is 9.18. The standard InChI is InChI=1S/C16H14O2/c17-16(18)15-4-2-1-3-14(15)13-9-7-12(8-10-13)11-5-6-11/h1-4,7-11H,5-6H2,(H,17,18). The summed E-state index contributed by atoms with van der Waals surface area (Å²) < 4.78 is 0. The highest BCUT2D eigenvalue weighted by Crippen LogP contribution is 2.40. The van der Waals surface area contributed by atoms with Crippen LogP contribution >= 0.6 is 0 Å². The van der Waals surface area contributed by atoms with Crippen LogP contribution in [0.4, 0.5) is 0 Å². The Labute approximate surface area is 106 Å². The van der Waals surface area contributed by atoms with E-state index < -0.39 is 5.97 Å². The Morgan fingerprint density at radius 3 is 2.28 bits per heavy atom. The molecule has 1 fully saturated rings. The second kappa shape index (κ2) is 4.30. The lowest BCUT2D eigenvalue weighted by molar-refractivity contribution is 0.0697. The first kappa shape index (κ1) is 11.0. The van der Waals surface area contributed by atoms with E-state index in [4.69, 9.17) is 0 Å². The maximum Gasteiger partial charge on any atom is 0.336 e. The Balaban J connectivity index is 2.01. The monoisotopic (exact) mass is 238 g/mol. The van der Waals surface area contributed by atoms with Gasteiger partial charge in [-0.25, -0.2) is 4.79 Å². The van der Waals surface area contributed by atoms with E-state index in [1.54, 1.807) is 12.1 Å². The Kier molecular flexibility index (Phi) is 2.63. The number of hydrogen-bond acceptors (Lipinski definition) is 1. The van der Waals surface area contributed by atoms with Crippen molar-refractivity contribution in [1.29, 1.82) is 0 Å². The number of hydrogen-bond donors (Lipinski definition) is 1. The van der Waals surface area contributed by atoms with E-state index in [1.165, 1.54) is 18.4 Å². The zero-order valence-corrected chi connectivity index (χ0v) is 9.97. The topological polar surface area (TPSA) is 37.3 Å². The van der Waals surface area contributed by atoms with Crippen LogP contribution in [0.3, 0.4) is 0 Å². The second-order valence-corrected chi connectivity index (χ2v) is 4.75. The molecule has 2 heteroatoms. The summed E-state index contributed by atoms with van der Waals surface area (Å²) in [4.78, 5) is 11.2. The van der Waals surface area contributed by atoms with Crippen LogP contribution in [0.25, 0.3) is 11.1 Å². The number of carboxylic acid groups (broad SMARTS) is 1. The van der Waals surface area contributed by atoms with E-state index in [0.29, 0.717) is 5.56 Å². The van der Waals surface area contributed by atoms with Gasteiger partial charge >= 0.3 is 5.97 Å². The molecule has 0 saturated heterocycles. The molecule has 0 aliphatic heterocycles. The van der Waals surface area contributed by atoms with Crippen LogP contribution in [-0.4, -0.2) is 11.1 Å². The van der Waals surface area contributed by atoms with Gasteiger partial charge in [0.1, 0.15) is 0 Å². The van der Waals surface area contributed by atoms with Gasteiger partial charge in [0.25, 0.3) is 0 Å². The van der Waals surface area contributed by atoms with Gasteiger partial charge in [0.05, 0.1) is 5.56 Å². The van der Waals surface area contributed by atoms with Crippen LogP contribution in [-0.2, 0) is 0 Å². The van der Waals surface area contributed by atoms with Crippen LogP contribution in [0.15, 0.2) is 48.5 Å².